The van der Waals surface area contributed by atoms with Crippen molar-refractivity contribution >= 4 is 11.9 Å². The van der Waals surface area contributed by atoms with E-state index in [9.17, 15) is 9.59 Å². The third kappa shape index (κ3) is 8.16. The van der Waals surface area contributed by atoms with Gasteiger partial charge in [0, 0.05) is 6.54 Å². The van der Waals surface area contributed by atoms with Crippen LogP contribution in [0.25, 0.3) is 0 Å². The summed E-state index contributed by atoms with van der Waals surface area (Å²) in [6.07, 6.45) is 2.14. The van der Waals surface area contributed by atoms with Crippen molar-refractivity contribution < 1.29 is 14.4 Å². The largest absolute Gasteiger partial charge is 0.369 e. The lowest BCUT2D eigenvalue weighted by atomic mass is 10.3. The Kier molecular flexibility index (Phi) is 8.41. The highest BCUT2D eigenvalue weighted by Gasteiger charge is 2.10. The van der Waals surface area contributed by atoms with E-state index in [1.54, 1.807) is 0 Å². The average molecular weight is 232 g/mol. The minimum absolute atomic E-state index is 0.156. The lowest BCUT2D eigenvalue weighted by molar-refractivity contribution is -0.151. The molecule has 5 N–H and O–H groups in total. The Bertz CT molecular complexity index is 223. The Morgan fingerprint density at radius 2 is 2.06 bits per heavy atom. The predicted molar refractivity (Wildman–Crippen MR) is 58.6 cm³/mol. The van der Waals surface area contributed by atoms with Gasteiger partial charge in [0.1, 0.15) is 0 Å². The molecule has 0 aliphatic rings. The van der Waals surface area contributed by atoms with Crippen molar-refractivity contribution in [2.45, 2.75) is 26.2 Å². The lowest BCUT2D eigenvalue weighted by Crippen LogP contribution is -2.36. The van der Waals surface area contributed by atoms with Gasteiger partial charge in [0.05, 0.1) is 13.0 Å². The van der Waals surface area contributed by atoms with Crippen molar-refractivity contribution in [2.24, 2.45) is 11.6 Å². The first-order chi connectivity index (χ1) is 7.60. The monoisotopic (exact) mass is 232 g/mol. The number of carbonyl (C=O) groups is 2. The first-order valence-electron chi connectivity index (χ1n) is 5.26. The Morgan fingerprint density at radius 1 is 1.38 bits per heavy atom. The van der Waals surface area contributed by atoms with Gasteiger partial charge in [-0.1, -0.05) is 18.9 Å². The molecule has 0 heterocycles. The van der Waals surface area contributed by atoms with Gasteiger partial charge in [-0.05, 0) is 13.0 Å². The summed E-state index contributed by atoms with van der Waals surface area (Å²) < 4.78 is 0. The summed E-state index contributed by atoms with van der Waals surface area (Å²) >= 11 is 0. The maximum Gasteiger partial charge on any atom is 0.327 e. The summed E-state index contributed by atoms with van der Waals surface area (Å²) in [7, 11) is 0. The van der Waals surface area contributed by atoms with Crippen LogP contribution < -0.4 is 17.2 Å². The molecular formula is C9H20N4O3. The van der Waals surface area contributed by atoms with E-state index in [4.69, 9.17) is 11.6 Å². The molecule has 0 radical (unpaired) electrons. The molecule has 0 aliphatic carbocycles. The van der Waals surface area contributed by atoms with E-state index in [-0.39, 0.29) is 13.0 Å². The van der Waals surface area contributed by atoms with Gasteiger partial charge in [-0.25, -0.2) is 5.84 Å². The molecule has 0 saturated heterocycles. The maximum absolute atomic E-state index is 11.0. The van der Waals surface area contributed by atoms with Crippen LogP contribution in [-0.2, 0) is 14.4 Å². The predicted octanol–water partition coefficient (Wildman–Crippen LogP) is -1.11. The van der Waals surface area contributed by atoms with Crippen LogP contribution in [0.4, 0.5) is 0 Å². The normalized spacial score (nSPS) is 10.4. The molecule has 0 aromatic rings. The molecule has 0 bridgehead atoms. The third-order valence-electron chi connectivity index (χ3n) is 2.01. The molecule has 1 amide bonds. The molecule has 0 saturated carbocycles. The van der Waals surface area contributed by atoms with Crippen LogP contribution in [0.2, 0.25) is 0 Å². The summed E-state index contributed by atoms with van der Waals surface area (Å²) in [5.74, 6) is 3.95. The van der Waals surface area contributed by atoms with Crippen molar-refractivity contribution in [2.75, 3.05) is 19.6 Å². The van der Waals surface area contributed by atoms with E-state index in [1.807, 2.05) is 10.5 Å². The molecule has 0 aromatic carbocycles. The van der Waals surface area contributed by atoms with E-state index in [1.165, 1.54) is 0 Å². The van der Waals surface area contributed by atoms with Crippen LogP contribution >= 0.6 is 0 Å². The lowest BCUT2D eigenvalue weighted by Gasteiger charge is -2.19. The molecule has 0 fully saturated rings. The molecule has 0 rings (SSSR count). The smallest absolute Gasteiger partial charge is 0.327 e. The fourth-order valence-corrected chi connectivity index (χ4v) is 1.24. The van der Waals surface area contributed by atoms with Gasteiger partial charge in [0.15, 0.2) is 0 Å². The van der Waals surface area contributed by atoms with Gasteiger partial charge < -0.3 is 10.6 Å². The van der Waals surface area contributed by atoms with Crippen molar-refractivity contribution in [3.63, 3.8) is 0 Å². The summed E-state index contributed by atoms with van der Waals surface area (Å²) in [6.45, 7) is 3.38. The van der Waals surface area contributed by atoms with Gasteiger partial charge in [-0.3, -0.25) is 14.5 Å². The van der Waals surface area contributed by atoms with Crippen molar-refractivity contribution in [1.29, 1.82) is 0 Å². The number of amides is 1. The van der Waals surface area contributed by atoms with E-state index in [0.29, 0.717) is 6.54 Å². The molecule has 0 aliphatic heterocycles. The quantitative estimate of drug-likeness (QED) is 0.343. The highest BCUT2D eigenvalue weighted by molar-refractivity contribution is 5.76. The molecule has 0 unspecified atom stereocenters. The number of carbonyl (C=O) groups excluding carboxylic acids is 2. The molecule has 0 spiro atoms. The highest BCUT2D eigenvalue weighted by Crippen LogP contribution is 1.97. The summed E-state index contributed by atoms with van der Waals surface area (Å²) in [5.41, 5.74) is 6.92. The summed E-state index contributed by atoms with van der Waals surface area (Å²) in [5, 5.41) is 0. The second kappa shape index (κ2) is 9.08. The number of nitrogens with one attached hydrogen (secondary N) is 1. The SMILES string of the molecule is CCCCN(CCC(=O)ONN)CC(N)=O. The van der Waals surface area contributed by atoms with Crippen molar-refractivity contribution in [3.05, 3.63) is 0 Å². The van der Waals surface area contributed by atoms with Crippen molar-refractivity contribution in [3.8, 4) is 0 Å². The van der Waals surface area contributed by atoms with Gasteiger partial charge in [-0.15, -0.1) is 0 Å². The van der Waals surface area contributed by atoms with Crippen LogP contribution in [0.1, 0.15) is 26.2 Å². The van der Waals surface area contributed by atoms with Gasteiger partial charge in [-0.2, -0.15) is 0 Å². The number of nitrogens with two attached hydrogens (primary N) is 2. The molecule has 0 atom stereocenters. The average Bonchev–Trinajstić information content (AvgIpc) is 2.22. The number of nitrogens with zero attached hydrogens (tertiary/aromatic N) is 1. The van der Waals surface area contributed by atoms with Gasteiger partial charge >= 0.3 is 5.97 Å². The molecular weight excluding hydrogens is 212 g/mol. The number of rotatable bonds is 9. The number of hydrazine groups is 1. The van der Waals surface area contributed by atoms with Gasteiger partial charge in [0.2, 0.25) is 5.91 Å². The highest BCUT2D eigenvalue weighted by atomic mass is 16.7. The van der Waals surface area contributed by atoms with Crippen molar-refractivity contribution in [1.82, 2.24) is 10.5 Å². The maximum atomic E-state index is 11.0. The van der Waals surface area contributed by atoms with Crippen LogP contribution in [0.5, 0.6) is 0 Å². The van der Waals surface area contributed by atoms with E-state index >= 15 is 0 Å². The van der Waals surface area contributed by atoms with Crippen LogP contribution in [0.3, 0.4) is 0 Å². The zero-order valence-electron chi connectivity index (χ0n) is 9.57. The second-order valence-electron chi connectivity index (χ2n) is 3.44. The second-order valence-corrected chi connectivity index (χ2v) is 3.44. The standard InChI is InChI=1S/C9H20N4O3/c1-2-3-5-13(7-8(10)14)6-4-9(15)16-12-11/h12H,2-7,11H2,1H3,(H2,10,14). The first kappa shape index (κ1) is 14.8. The molecule has 94 valence electrons. The Hall–Kier alpha value is -1.18. The van der Waals surface area contributed by atoms with Crippen LogP contribution in [-0.4, -0.2) is 36.4 Å². The minimum atomic E-state index is -0.464. The number of hydrogen-bond acceptors (Lipinski definition) is 6. The molecule has 16 heavy (non-hydrogen) atoms. The number of unbranched alkanes of at least 4 members (excludes halogenated alkanes) is 1. The number of primary amides is 1. The van der Waals surface area contributed by atoms with Gasteiger partial charge in [0.25, 0.3) is 0 Å². The molecule has 7 nitrogen and oxygen atoms in total. The van der Waals surface area contributed by atoms with Crippen LogP contribution in [0, 0.1) is 0 Å². The summed E-state index contributed by atoms with van der Waals surface area (Å²) in [4.78, 5) is 27.9. The van der Waals surface area contributed by atoms with E-state index in [0.717, 1.165) is 19.4 Å². The Balaban J connectivity index is 3.89. The van der Waals surface area contributed by atoms with E-state index < -0.39 is 11.9 Å². The zero-order chi connectivity index (χ0) is 12.4. The number of hydrogen-bond donors (Lipinski definition) is 3. The van der Waals surface area contributed by atoms with Crippen LogP contribution in [0.15, 0.2) is 0 Å². The topological polar surface area (TPSA) is 111 Å². The Morgan fingerprint density at radius 3 is 2.56 bits per heavy atom. The first-order valence-corrected chi connectivity index (χ1v) is 5.26. The third-order valence-corrected chi connectivity index (χ3v) is 2.01. The molecule has 0 aromatic heterocycles. The fourth-order valence-electron chi connectivity index (χ4n) is 1.24. The van der Waals surface area contributed by atoms with E-state index in [2.05, 4.69) is 11.8 Å². The zero-order valence-corrected chi connectivity index (χ0v) is 9.57. The Labute approximate surface area is 95.0 Å². The summed E-state index contributed by atoms with van der Waals surface area (Å²) in [6, 6.07) is 0. The molecule has 7 heteroatoms. The minimum Gasteiger partial charge on any atom is -0.369 e. The fraction of sp³-hybridized carbons (Fsp3) is 0.778.